The monoisotopic (exact) mass is 355 g/mol. The number of carboxylic acid groups (broad SMARTS) is 1. The minimum absolute atomic E-state index is 0.0630. The molecule has 0 aromatic heterocycles. The Balaban J connectivity index is 2.07. The van der Waals surface area contributed by atoms with Crippen LogP contribution in [0.15, 0.2) is 28.7 Å². The molecule has 5 nitrogen and oxygen atoms in total. The van der Waals surface area contributed by atoms with Crippen LogP contribution >= 0.6 is 15.9 Å². The summed E-state index contributed by atoms with van der Waals surface area (Å²) in [7, 11) is 0. The molecule has 6 heteroatoms. The quantitative estimate of drug-likeness (QED) is 0.850. The van der Waals surface area contributed by atoms with Crippen molar-refractivity contribution in [3.63, 3.8) is 0 Å². The van der Waals surface area contributed by atoms with Gasteiger partial charge in [0.05, 0.1) is 6.42 Å². The number of hydrogen-bond donors (Lipinski definition) is 1. The van der Waals surface area contributed by atoms with Crippen molar-refractivity contribution >= 4 is 27.8 Å². The van der Waals surface area contributed by atoms with Crippen molar-refractivity contribution in [1.82, 2.24) is 4.90 Å². The Morgan fingerprint density at radius 1 is 1.43 bits per heavy atom. The minimum atomic E-state index is -0.908. The molecule has 1 N–H and O–H groups in total. The van der Waals surface area contributed by atoms with E-state index in [1.165, 1.54) is 0 Å². The van der Waals surface area contributed by atoms with Crippen LogP contribution < -0.4 is 0 Å². The van der Waals surface area contributed by atoms with Gasteiger partial charge < -0.3 is 14.7 Å². The van der Waals surface area contributed by atoms with Crippen molar-refractivity contribution in [2.75, 3.05) is 13.2 Å². The lowest BCUT2D eigenvalue weighted by Gasteiger charge is -2.25. The number of nitrogens with zero attached hydrogens (tertiary/aromatic N) is 1. The topological polar surface area (TPSA) is 66.8 Å². The highest BCUT2D eigenvalue weighted by Crippen LogP contribution is 2.18. The predicted octanol–water partition coefficient (Wildman–Crippen LogP) is 2.43. The molecule has 1 unspecified atom stereocenters. The first-order valence-electron chi connectivity index (χ1n) is 6.93. The fourth-order valence-corrected chi connectivity index (χ4v) is 2.78. The molecular weight excluding hydrogens is 338 g/mol. The van der Waals surface area contributed by atoms with Gasteiger partial charge in [-0.3, -0.25) is 9.59 Å². The van der Waals surface area contributed by atoms with Crippen LogP contribution in [0.5, 0.6) is 0 Å². The van der Waals surface area contributed by atoms with E-state index in [9.17, 15) is 9.59 Å². The maximum absolute atomic E-state index is 12.4. The average molecular weight is 356 g/mol. The summed E-state index contributed by atoms with van der Waals surface area (Å²) in [5, 5.41) is 8.84. The molecule has 114 valence electrons. The molecule has 21 heavy (non-hydrogen) atoms. The van der Waals surface area contributed by atoms with E-state index in [2.05, 4.69) is 15.9 Å². The van der Waals surface area contributed by atoms with Gasteiger partial charge in [0, 0.05) is 24.2 Å². The lowest BCUT2D eigenvalue weighted by atomic mass is 10.1. The lowest BCUT2D eigenvalue weighted by Crippen LogP contribution is -2.39. The standard InChI is InChI=1S/C15H18BrNO4/c16-12-4-1-3-11(9-12)10-17(7-6-14(18)19)15(20)13-5-2-8-21-13/h1,3-4,9,13H,2,5-8,10H2,(H,18,19). The van der Waals surface area contributed by atoms with Crippen LogP contribution in [0.4, 0.5) is 0 Å². The molecule has 1 aromatic carbocycles. The zero-order valence-corrected chi connectivity index (χ0v) is 13.2. The molecule has 1 amide bonds. The molecule has 0 bridgehead atoms. The van der Waals surface area contributed by atoms with E-state index in [4.69, 9.17) is 9.84 Å². The zero-order valence-electron chi connectivity index (χ0n) is 11.6. The number of carboxylic acids is 1. The Kier molecular flexibility index (Phi) is 5.76. The maximum atomic E-state index is 12.4. The van der Waals surface area contributed by atoms with Crippen molar-refractivity contribution < 1.29 is 19.4 Å². The molecule has 0 spiro atoms. The first kappa shape index (κ1) is 16.0. The number of amides is 1. The highest BCUT2D eigenvalue weighted by atomic mass is 79.9. The molecule has 1 heterocycles. The Bertz CT molecular complexity index is 514. The summed E-state index contributed by atoms with van der Waals surface area (Å²) in [5.74, 6) is -1.02. The van der Waals surface area contributed by atoms with Gasteiger partial charge in [0.25, 0.3) is 5.91 Å². The first-order chi connectivity index (χ1) is 10.1. The van der Waals surface area contributed by atoms with Crippen LogP contribution in [0.3, 0.4) is 0 Å². The van der Waals surface area contributed by atoms with E-state index in [1.807, 2.05) is 24.3 Å². The fraction of sp³-hybridized carbons (Fsp3) is 0.467. The molecule has 1 fully saturated rings. The Morgan fingerprint density at radius 3 is 2.86 bits per heavy atom. The molecular formula is C15H18BrNO4. The summed E-state index contributed by atoms with van der Waals surface area (Å²) in [6.07, 6.45) is 1.10. The van der Waals surface area contributed by atoms with Crippen LogP contribution in [0.1, 0.15) is 24.8 Å². The van der Waals surface area contributed by atoms with Crippen molar-refractivity contribution in [3.05, 3.63) is 34.3 Å². The minimum Gasteiger partial charge on any atom is -0.481 e. The Labute approximate surface area is 132 Å². The average Bonchev–Trinajstić information content (AvgIpc) is 2.96. The van der Waals surface area contributed by atoms with Gasteiger partial charge in [0.2, 0.25) is 0 Å². The summed E-state index contributed by atoms with van der Waals surface area (Å²) in [6.45, 7) is 1.19. The molecule has 1 aliphatic rings. The number of aliphatic carboxylic acids is 1. The third-order valence-electron chi connectivity index (χ3n) is 3.37. The third kappa shape index (κ3) is 4.82. The second-order valence-electron chi connectivity index (χ2n) is 5.04. The normalized spacial score (nSPS) is 17.7. The van der Waals surface area contributed by atoms with Gasteiger partial charge in [-0.25, -0.2) is 0 Å². The van der Waals surface area contributed by atoms with E-state index in [0.717, 1.165) is 16.5 Å². The lowest BCUT2D eigenvalue weighted by molar-refractivity contribution is -0.143. The van der Waals surface area contributed by atoms with Crippen LogP contribution in [0, 0.1) is 0 Å². The van der Waals surface area contributed by atoms with E-state index in [-0.39, 0.29) is 18.9 Å². The molecule has 0 radical (unpaired) electrons. The molecule has 0 saturated carbocycles. The highest BCUT2D eigenvalue weighted by molar-refractivity contribution is 9.10. The van der Waals surface area contributed by atoms with Gasteiger partial charge in [-0.15, -0.1) is 0 Å². The number of rotatable bonds is 6. The summed E-state index contributed by atoms with van der Waals surface area (Å²) in [5.41, 5.74) is 0.959. The van der Waals surface area contributed by atoms with Crippen molar-refractivity contribution in [1.29, 1.82) is 0 Å². The van der Waals surface area contributed by atoms with Crippen LogP contribution in [-0.2, 0) is 20.9 Å². The summed E-state index contributed by atoms with van der Waals surface area (Å²) < 4.78 is 6.35. The summed E-state index contributed by atoms with van der Waals surface area (Å²) in [4.78, 5) is 24.8. The Morgan fingerprint density at radius 2 is 2.24 bits per heavy atom. The van der Waals surface area contributed by atoms with Crippen LogP contribution in [0.2, 0.25) is 0 Å². The van der Waals surface area contributed by atoms with Crippen LogP contribution in [-0.4, -0.2) is 41.1 Å². The van der Waals surface area contributed by atoms with Gasteiger partial charge in [-0.1, -0.05) is 28.1 Å². The molecule has 1 aromatic rings. The van der Waals surface area contributed by atoms with E-state index in [1.54, 1.807) is 4.90 Å². The largest absolute Gasteiger partial charge is 0.481 e. The van der Waals surface area contributed by atoms with Crippen molar-refractivity contribution in [2.45, 2.75) is 31.9 Å². The smallest absolute Gasteiger partial charge is 0.305 e. The zero-order chi connectivity index (χ0) is 15.2. The van der Waals surface area contributed by atoms with Crippen LogP contribution in [0.25, 0.3) is 0 Å². The van der Waals surface area contributed by atoms with E-state index in [0.29, 0.717) is 19.6 Å². The first-order valence-corrected chi connectivity index (χ1v) is 7.72. The number of halogens is 1. The second-order valence-corrected chi connectivity index (χ2v) is 5.95. The maximum Gasteiger partial charge on any atom is 0.305 e. The molecule has 2 rings (SSSR count). The fourth-order valence-electron chi connectivity index (χ4n) is 2.33. The highest BCUT2D eigenvalue weighted by Gasteiger charge is 2.28. The Hall–Kier alpha value is -1.40. The number of benzene rings is 1. The third-order valence-corrected chi connectivity index (χ3v) is 3.87. The number of hydrogen-bond acceptors (Lipinski definition) is 3. The SMILES string of the molecule is O=C(O)CCN(Cc1cccc(Br)c1)C(=O)C1CCCO1. The summed E-state index contributed by atoms with van der Waals surface area (Å²) >= 11 is 3.40. The molecule has 1 saturated heterocycles. The van der Waals surface area contributed by atoms with E-state index >= 15 is 0 Å². The number of carbonyl (C=O) groups is 2. The summed E-state index contributed by atoms with van der Waals surface area (Å²) in [6, 6.07) is 7.65. The van der Waals surface area contributed by atoms with Gasteiger partial charge in [0.1, 0.15) is 6.10 Å². The number of carbonyl (C=O) groups excluding carboxylic acids is 1. The molecule has 1 atom stereocenters. The van der Waals surface area contributed by atoms with Crippen molar-refractivity contribution in [2.24, 2.45) is 0 Å². The molecule has 1 aliphatic heterocycles. The van der Waals surface area contributed by atoms with Gasteiger partial charge in [-0.2, -0.15) is 0 Å². The van der Waals surface area contributed by atoms with Crippen molar-refractivity contribution in [3.8, 4) is 0 Å². The number of ether oxygens (including phenoxy) is 1. The van der Waals surface area contributed by atoms with E-state index < -0.39 is 12.1 Å². The second kappa shape index (κ2) is 7.56. The van der Waals surface area contributed by atoms with Gasteiger partial charge >= 0.3 is 5.97 Å². The van der Waals surface area contributed by atoms with Gasteiger partial charge in [0.15, 0.2) is 0 Å². The van der Waals surface area contributed by atoms with Gasteiger partial charge in [-0.05, 0) is 30.5 Å². The molecule has 0 aliphatic carbocycles. The predicted molar refractivity (Wildman–Crippen MR) is 80.8 cm³/mol.